The van der Waals surface area contributed by atoms with Crippen LogP contribution in [0.25, 0.3) is 6.08 Å². The number of aliphatic hydroxyl groups is 6. The zero-order valence-electron chi connectivity index (χ0n) is 19.0. The number of hydrogen-bond acceptors (Lipinski definition) is 11. The minimum absolute atomic E-state index is 0.0813. The van der Waals surface area contributed by atoms with Crippen molar-refractivity contribution in [3.05, 3.63) is 54.3 Å². The van der Waals surface area contributed by atoms with E-state index in [4.69, 9.17) is 18.9 Å². The van der Waals surface area contributed by atoms with Crippen LogP contribution in [0.15, 0.2) is 48.7 Å². The fraction of sp³-hybridized carbons (Fsp3) is 0.542. The molecule has 0 bridgehead atoms. The molecule has 35 heavy (non-hydrogen) atoms. The molecule has 0 radical (unpaired) electrons. The lowest BCUT2D eigenvalue weighted by molar-refractivity contribution is -0.345. The Morgan fingerprint density at radius 1 is 1.11 bits per heavy atom. The lowest BCUT2D eigenvalue weighted by Gasteiger charge is -2.43. The van der Waals surface area contributed by atoms with Gasteiger partial charge in [-0.05, 0) is 24.6 Å². The van der Waals surface area contributed by atoms with E-state index in [0.717, 1.165) is 11.8 Å². The number of aliphatic hydroxyl groups excluding tert-OH is 5. The summed E-state index contributed by atoms with van der Waals surface area (Å²) in [6, 6.07) is 9.07. The molecule has 3 aliphatic rings. The number of carbonyl (C=O) groups excluding carboxylic acids is 1. The van der Waals surface area contributed by atoms with E-state index in [1.54, 1.807) is 18.2 Å². The first-order valence-corrected chi connectivity index (χ1v) is 11.2. The summed E-state index contributed by atoms with van der Waals surface area (Å²) in [5, 5.41) is 61.9. The summed E-state index contributed by atoms with van der Waals surface area (Å²) in [5.41, 5.74) is -2.65. The van der Waals surface area contributed by atoms with Crippen molar-refractivity contribution < 1.29 is 54.4 Å². The second-order valence-electron chi connectivity index (χ2n) is 9.22. The van der Waals surface area contributed by atoms with Gasteiger partial charge in [0.1, 0.15) is 41.7 Å². The Balaban J connectivity index is 1.48. The number of fused-ring (bicyclic) bond motifs is 1. The molecule has 1 saturated carbocycles. The highest BCUT2D eigenvalue weighted by Gasteiger charge is 2.65. The molecule has 0 unspecified atom stereocenters. The van der Waals surface area contributed by atoms with Gasteiger partial charge in [-0.2, -0.15) is 0 Å². The van der Waals surface area contributed by atoms with Gasteiger partial charge in [-0.3, -0.25) is 0 Å². The van der Waals surface area contributed by atoms with Crippen LogP contribution < -0.4 is 0 Å². The van der Waals surface area contributed by atoms with Gasteiger partial charge in [0.25, 0.3) is 0 Å². The molecule has 6 N–H and O–H groups in total. The van der Waals surface area contributed by atoms with E-state index in [9.17, 15) is 35.4 Å². The Kier molecular flexibility index (Phi) is 7.32. The Morgan fingerprint density at radius 3 is 2.51 bits per heavy atom. The maximum Gasteiger partial charge on any atom is 0.331 e. The third kappa shape index (κ3) is 4.86. The summed E-state index contributed by atoms with van der Waals surface area (Å²) in [6.45, 7) is 0.827. The van der Waals surface area contributed by atoms with Gasteiger partial charge in [0, 0.05) is 12.5 Å². The van der Waals surface area contributed by atoms with E-state index in [-0.39, 0.29) is 6.42 Å². The zero-order chi connectivity index (χ0) is 25.4. The summed E-state index contributed by atoms with van der Waals surface area (Å²) >= 11 is 0. The number of carbonyl (C=O) groups is 1. The van der Waals surface area contributed by atoms with Gasteiger partial charge >= 0.3 is 5.97 Å². The summed E-state index contributed by atoms with van der Waals surface area (Å²) in [6.07, 6.45) is -5.45. The van der Waals surface area contributed by atoms with Crippen LogP contribution in [0, 0.1) is 5.92 Å². The van der Waals surface area contributed by atoms with Crippen molar-refractivity contribution >= 4 is 12.0 Å². The van der Waals surface area contributed by atoms with Crippen LogP contribution in [0.1, 0.15) is 18.9 Å². The molecule has 11 nitrogen and oxygen atoms in total. The number of rotatable bonds is 6. The van der Waals surface area contributed by atoms with Crippen LogP contribution in [-0.4, -0.2) is 97.5 Å². The highest BCUT2D eigenvalue weighted by molar-refractivity contribution is 5.87. The average molecular weight is 494 g/mol. The lowest BCUT2D eigenvalue weighted by Crippen LogP contribution is -2.61. The second kappa shape index (κ2) is 9.96. The zero-order valence-corrected chi connectivity index (χ0v) is 19.0. The fourth-order valence-electron chi connectivity index (χ4n) is 4.78. The van der Waals surface area contributed by atoms with Crippen LogP contribution in [0.2, 0.25) is 0 Å². The van der Waals surface area contributed by atoms with Crippen LogP contribution in [0.4, 0.5) is 0 Å². The van der Waals surface area contributed by atoms with Gasteiger partial charge in [0.2, 0.25) is 6.29 Å². The normalized spacial score (nSPS) is 43.1. The summed E-state index contributed by atoms with van der Waals surface area (Å²) in [7, 11) is 0. The molecule has 1 aromatic carbocycles. The first-order chi connectivity index (χ1) is 16.6. The summed E-state index contributed by atoms with van der Waals surface area (Å²) in [4.78, 5) is 12.5. The van der Waals surface area contributed by atoms with E-state index in [0.29, 0.717) is 0 Å². The van der Waals surface area contributed by atoms with Crippen molar-refractivity contribution in [2.75, 3.05) is 6.61 Å². The van der Waals surface area contributed by atoms with Crippen LogP contribution >= 0.6 is 0 Å². The van der Waals surface area contributed by atoms with E-state index >= 15 is 0 Å². The maximum absolute atomic E-state index is 12.5. The molecule has 11 heteroatoms. The van der Waals surface area contributed by atoms with Crippen LogP contribution in [0.5, 0.6) is 0 Å². The third-order valence-corrected chi connectivity index (χ3v) is 6.77. The molecule has 2 aliphatic heterocycles. The Labute approximate surface area is 201 Å². The third-order valence-electron chi connectivity index (χ3n) is 6.77. The van der Waals surface area contributed by atoms with Crippen LogP contribution in [-0.2, 0) is 23.7 Å². The highest BCUT2D eigenvalue weighted by Crippen LogP contribution is 2.50. The van der Waals surface area contributed by atoms with Gasteiger partial charge in [0.15, 0.2) is 6.29 Å². The highest BCUT2D eigenvalue weighted by atomic mass is 16.8. The number of esters is 1. The van der Waals surface area contributed by atoms with Gasteiger partial charge in [-0.25, -0.2) is 4.79 Å². The number of hydrogen-bond donors (Lipinski definition) is 6. The molecule has 1 aliphatic carbocycles. The molecular formula is C24H30O11. The van der Waals surface area contributed by atoms with Crippen molar-refractivity contribution in [2.24, 2.45) is 5.92 Å². The summed E-state index contributed by atoms with van der Waals surface area (Å²) < 4.78 is 22.0. The Morgan fingerprint density at radius 2 is 1.83 bits per heavy atom. The quantitative estimate of drug-likeness (QED) is 0.207. The van der Waals surface area contributed by atoms with E-state index in [1.807, 2.05) is 18.2 Å². The van der Waals surface area contributed by atoms with Gasteiger partial charge < -0.3 is 49.6 Å². The van der Waals surface area contributed by atoms with Crippen LogP contribution in [0.3, 0.4) is 0 Å². The first kappa shape index (κ1) is 25.7. The SMILES string of the molecule is C[C@@]1(OC(=O)/C=C/c2ccccc2)C[C@H]2[C@H](O[C@@H]3O[C@H](CO)[C@@H](O)[C@H](O)[C@H]3O)OC=C[C@@]2(O)[C@@H]1O. The monoisotopic (exact) mass is 494 g/mol. The smallest absolute Gasteiger partial charge is 0.331 e. The van der Waals surface area contributed by atoms with Gasteiger partial charge in [-0.15, -0.1) is 0 Å². The Hall–Kier alpha value is -2.35. The topological polar surface area (TPSA) is 175 Å². The van der Waals surface area contributed by atoms with Crippen molar-refractivity contribution in [1.29, 1.82) is 0 Å². The minimum atomic E-state index is -1.91. The molecule has 2 fully saturated rings. The summed E-state index contributed by atoms with van der Waals surface area (Å²) in [5.74, 6) is -1.69. The molecule has 0 aromatic heterocycles. The number of ether oxygens (including phenoxy) is 4. The van der Waals surface area contributed by atoms with E-state index in [1.165, 1.54) is 19.1 Å². The lowest BCUT2D eigenvalue weighted by atomic mass is 9.87. The molecule has 192 valence electrons. The molecule has 0 amide bonds. The molecule has 0 spiro atoms. The minimum Gasteiger partial charge on any atom is -0.472 e. The molecule has 4 rings (SSSR count). The molecule has 1 aromatic rings. The maximum atomic E-state index is 12.5. The van der Waals surface area contributed by atoms with Crippen molar-refractivity contribution in [3.8, 4) is 0 Å². The molecular weight excluding hydrogens is 464 g/mol. The standard InChI is InChI=1S/C24H30O11/c1-23(35-16(26)8-7-13-5-3-2-4-6-13)11-14-20(32-10-9-24(14,31)22(23)30)34-21-19(29)18(28)17(27)15(12-25)33-21/h2-10,14-15,17-22,25,27-31H,11-12H2,1H3/b8-7+/t14-,15+,17+,18-,19+,20-,21-,22+,23+,24-/m0/s1. The molecule has 1 saturated heterocycles. The fourth-order valence-corrected chi connectivity index (χ4v) is 4.78. The van der Waals surface area contributed by atoms with Crippen molar-refractivity contribution in [1.82, 2.24) is 0 Å². The largest absolute Gasteiger partial charge is 0.472 e. The molecule has 2 heterocycles. The predicted octanol–water partition coefficient (Wildman–Crippen LogP) is -1.20. The second-order valence-corrected chi connectivity index (χ2v) is 9.22. The number of benzene rings is 1. The van der Waals surface area contributed by atoms with E-state index in [2.05, 4.69) is 0 Å². The van der Waals surface area contributed by atoms with Gasteiger partial charge in [0.05, 0.1) is 18.8 Å². The Bertz CT molecular complexity index is 950. The molecule has 10 atom stereocenters. The first-order valence-electron chi connectivity index (χ1n) is 11.2. The predicted molar refractivity (Wildman–Crippen MR) is 118 cm³/mol. The van der Waals surface area contributed by atoms with Crippen molar-refractivity contribution in [3.63, 3.8) is 0 Å². The van der Waals surface area contributed by atoms with Crippen molar-refractivity contribution in [2.45, 2.75) is 67.6 Å². The average Bonchev–Trinajstić information content (AvgIpc) is 3.05. The van der Waals surface area contributed by atoms with Gasteiger partial charge in [-0.1, -0.05) is 30.3 Å². The van der Waals surface area contributed by atoms with E-state index < -0.39 is 72.8 Å².